The van der Waals surface area contributed by atoms with Crippen LogP contribution in [0.25, 0.3) is 11.1 Å². The van der Waals surface area contributed by atoms with E-state index in [0.29, 0.717) is 10.6 Å². The van der Waals surface area contributed by atoms with Crippen molar-refractivity contribution < 1.29 is 14.7 Å². The van der Waals surface area contributed by atoms with Gasteiger partial charge in [0.05, 0.1) is 0 Å². The molecule has 0 aliphatic heterocycles. The predicted molar refractivity (Wildman–Crippen MR) is 101 cm³/mol. The Morgan fingerprint density at radius 3 is 2.46 bits per heavy atom. The second-order valence-corrected chi connectivity index (χ2v) is 7.27. The largest absolute Gasteiger partial charge is 0.505 e. The third-order valence-corrected chi connectivity index (χ3v) is 4.20. The molecule has 2 amide bonds. The summed E-state index contributed by atoms with van der Waals surface area (Å²) in [5.74, 6) is -1.17. The molecule has 0 aliphatic carbocycles. The topological polar surface area (TPSA) is 82.5 Å². The van der Waals surface area contributed by atoms with Crippen molar-refractivity contribution in [3.8, 4) is 16.9 Å². The van der Waals surface area contributed by atoms with Crippen LogP contribution in [0.15, 0.2) is 30.5 Å². The van der Waals surface area contributed by atoms with Crippen LogP contribution in [0.1, 0.15) is 29.9 Å². The Morgan fingerprint density at radius 1 is 1.23 bits per heavy atom. The molecule has 0 bridgehead atoms. The van der Waals surface area contributed by atoms with Crippen molar-refractivity contribution in [2.45, 2.75) is 26.3 Å². The number of carbonyl (C=O) groups excluding carboxylic acids is 2. The standard InChI is InChI=1S/C19H22ClN3O3/c1-11-6-7-13(20)9-14(11)12-8-15(24)16(21-10-12)17(25)22-19(2,3)18(26)23(4)5/h6-10,24H,1-5H3,(H,22,25). The maximum Gasteiger partial charge on any atom is 0.274 e. The Balaban J connectivity index is 2.31. The molecule has 0 spiro atoms. The van der Waals surface area contributed by atoms with E-state index in [1.54, 1.807) is 40.1 Å². The number of hydrogen-bond acceptors (Lipinski definition) is 4. The van der Waals surface area contributed by atoms with Crippen molar-refractivity contribution in [2.24, 2.45) is 0 Å². The number of benzene rings is 1. The summed E-state index contributed by atoms with van der Waals surface area (Å²) in [6.45, 7) is 5.10. The van der Waals surface area contributed by atoms with E-state index in [0.717, 1.165) is 11.1 Å². The summed E-state index contributed by atoms with van der Waals surface area (Å²) in [5.41, 5.74) is 1.15. The monoisotopic (exact) mass is 375 g/mol. The highest BCUT2D eigenvalue weighted by Crippen LogP contribution is 2.29. The summed E-state index contributed by atoms with van der Waals surface area (Å²) >= 11 is 6.03. The molecular formula is C19H22ClN3O3. The fraction of sp³-hybridized carbons (Fsp3) is 0.316. The third-order valence-electron chi connectivity index (χ3n) is 3.96. The van der Waals surface area contributed by atoms with Gasteiger partial charge < -0.3 is 15.3 Å². The first-order valence-corrected chi connectivity index (χ1v) is 8.40. The van der Waals surface area contributed by atoms with Gasteiger partial charge in [0.2, 0.25) is 5.91 Å². The molecule has 1 aromatic heterocycles. The van der Waals surface area contributed by atoms with Crippen LogP contribution in [-0.2, 0) is 4.79 Å². The molecule has 0 aliphatic rings. The average molecular weight is 376 g/mol. The summed E-state index contributed by atoms with van der Waals surface area (Å²) in [6, 6.07) is 6.87. The van der Waals surface area contributed by atoms with Crippen molar-refractivity contribution in [1.82, 2.24) is 15.2 Å². The molecule has 2 aromatic rings. The Morgan fingerprint density at radius 2 is 1.88 bits per heavy atom. The van der Waals surface area contributed by atoms with Crippen LogP contribution in [0, 0.1) is 6.92 Å². The number of halogens is 1. The van der Waals surface area contributed by atoms with E-state index >= 15 is 0 Å². The first-order chi connectivity index (χ1) is 12.0. The smallest absolute Gasteiger partial charge is 0.274 e. The first-order valence-electron chi connectivity index (χ1n) is 8.02. The molecule has 0 atom stereocenters. The number of aromatic hydroxyl groups is 1. The fourth-order valence-electron chi connectivity index (χ4n) is 2.64. The number of pyridine rings is 1. The maximum atomic E-state index is 12.5. The zero-order valence-electron chi connectivity index (χ0n) is 15.4. The summed E-state index contributed by atoms with van der Waals surface area (Å²) in [4.78, 5) is 30.1. The minimum atomic E-state index is -1.13. The molecule has 0 unspecified atom stereocenters. The summed E-state index contributed by atoms with van der Waals surface area (Å²) in [5, 5.41) is 13.4. The highest BCUT2D eigenvalue weighted by atomic mass is 35.5. The SMILES string of the molecule is Cc1ccc(Cl)cc1-c1cnc(C(=O)NC(C)(C)C(=O)N(C)C)c(O)c1. The number of aryl methyl sites for hydroxylation is 1. The van der Waals surface area contributed by atoms with Gasteiger partial charge in [0, 0.05) is 30.9 Å². The third kappa shape index (κ3) is 4.14. The second-order valence-electron chi connectivity index (χ2n) is 6.83. The van der Waals surface area contributed by atoms with Crippen LogP contribution in [0.3, 0.4) is 0 Å². The highest BCUT2D eigenvalue weighted by molar-refractivity contribution is 6.30. The molecule has 0 saturated heterocycles. The molecule has 6 nitrogen and oxygen atoms in total. The quantitative estimate of drug-likeness (QED) is 0.860. The number of rotatable bonds is 4. The van der Waals surface area contributed by atoms with Gasteiger partial charge in [-0.15, -0.1) is 0 Å². The first kappa shape index (κ1) is 19.7. The molecule has 2 N–H and O–H groups in total. The molecule has 138 valence electrons. The minimum Gasteiger partial charge on any atom is -0.505 e. The lowest BCUT2D eigenvalue weighted by Crippen LogP contribution is -2.54. The Labute approximate surface area is 157 Å². The maximum absolute atomic E-state index is 12.5. The number of nitrogens with zero attached hydrogens (tertiary/aromatic N) is 2. The van der Waals surface area contributed by atoms with Crippen LogP contribution in [0.4, 0.5) is 0 Å². The molecule has 0 fully saturated rings. The Hall–Kier alpha value is -2.60. The van der Waals surface area contributed by atoms with Gasteiger partial charge in [-0.05, 0) is 50.1 Å². The Bertz CT molecular complexity index is 863. The summed E-state index contributed by atoms with van der Waals surface area (Å²) in [6.07, 6.45) is 1.49. The lowest BCUT2D eigenvalue weighted by molar-refractivity contribution is -0.134. The fourth-order valence-corrected chi connectivity index (χ4v) is 2.81. The average Bonchev–Trinajstić information content (AvgIpc) is 2.55. The van der Waals surface area contributed by atoms with E-state index in [-0.39, 0.29) is 17.4 Å². The highest BCUT2D eigenvalue weighted by Gasteiger charge is 2.32. The van der Waals surface area contributed by atoms with E-state index in [1.165, 1.54) is 17.2 Å². The molecule has 1 aromatic carbocycles. The van der Waals surface area contributed by atoms with E-state index in [2.05, 4.69) is 10.3 Å². The number of carbonyl (C=O) groups is 2. The predicted octanol–water partition coefficient (Wildman–Crippen LogP) is 3.01. The van der Waals surface area contributed by atoms with Crippen molar-refractivity contribution in [3.63, 3.8) is 0 Å². The minimum absolute atomic E-state index is 0.145. The lowest BCUT2D eigenvalue weighted by atomic mass is 10.0. The van der Waals surface area contributed by atoms with Crippen LogP contribution in [-0.4, -0.2) is 46.4 Å². The van der Waals surface area contributed by atoms with Crippen LogP contribution in [0.5, 0.6) is 5.75 Å². The zero-order valence-corrected chi connectivity index (χ0v) is 16.2. The van der Waals surface area contributed by atoms with E-state index in [4.69, 9.17) is 11.6 Å². The van der Waals surface area contributed by atoms with E-state index in [9.17, 15) is 14.7 Å². The number of aromatic nitrogens is 1. The molecule has 7 heteroatoms. The number of hydrogen-bond donors (Lipinski definition) is 2. The van der Waals surface area contributed by atoms with Gasteiger partial charge in [-0.3, -0.25) is 9.59 Å². The Kier molecular flexibility index (Phi) is 5.56. The molecule has 2 rings (SSSR count). The zero-order chi connectivity index (χ0) is 19.6. The van der Waals surface area contributed by atoms with Crippen molar-refractivity contribution in [1.29, 1.82) is 0 Å². The number of amides is 2. The summed E-state index contributed by atoms with van der Waals surface area (Å²) < 4.78 is 0. The van der Waals surface area contributed by atoms with Crippen LogP contribution >= 0.6 is 11.6 Å². The van der Waals surface area contributed by atoms with Gasteiger partial charge in [-0.1, -0.05) is 17.7 Å². The van der Waals surface area contributed by atoms with E-state index < -0.39 is 11.4 Å². The van der Waals surface area contributed by atoms with Crippen molar-refractivity contribution >= 4 is 23.4 Å². The molecule has 26 heavy (non-hydrogen) atoms. The van der Waals surface area contributed by atoms with Gasteiger partial charge in [-0.25, -0.2) is 4.98 Å². The number of nitrogens with one attached hydrogen (secondary N) is 1. The molecule has 0 saturated carbocycles. The van der Waals surface area contributed by atoms with E-state index in [1.807, 2.05) is 13.0 Å². The van der Waals surface area contributed by atoms with Crippen LogP contribution in [0.2, 0.25) is 5.02 Å². The second kappa shape index (κ2) is 7.33. The summed E-state index contributed by atoms with van der Waals surface area (Å²) in [7, 11) is 3.21. The molecule has 1 heterocycles. The van der Waals surface area contributed by atoms with Gasteiger partial charge in [-0.2, -0.15) is 0 Å². The number of likely N-dealkylation sites (N-methyl/N-ethyl adjacent to an activating group) is 1. The van der Waals surface area contributed by atoms with Gasteiger partial charge in [0.25, 0.3) is 5.91 Å². The van der Waals surface area contributed by atoms with Gasteiger partial charge >= 0.3 is 0 Å². The van der Waals surface area contributed by atoms with Crippen molar-refractivity contribution in [2.75, 3.05) is 14.1 Å². The van der Waals surface area contributed by atoms with Crippen LogP contribution < -0.4 is 5.32 Å². The van der Waals surface area contributed by atoms with Gasteiger partial charge in [0.1, 0.15) is 11.3 Å². The molecule has 0 radical (unpaired) electrons. The lowest BCUT2D eigenvalue weighted by Gasteiger charge is -2.28. The van der Waals surface area contributed by atoms with Crippen molar-refractivity contribution in [3.05, 3.63) is 46.7 Å². The van der Waals surface area contributed by atoms with Gasteiger partial charge in [0.15, 0.2) is 5.69 Å². The molecular weight excluding hydrogens is 354 g/mol. The normalized spacial score (nSPS) is 11.2.